The molecule has 0 spiro atoms. The molecule has 31 heavy (non-hydrogen) atoms. The van der Waals surface area contributed by atoms with E-state index < -0.39 is 35.1 Å². The van der Waals surface area contributed by atoms with Crippen molar-refractivity contribution in [3.8, 4) is 0 Å². The predicted octanol–water partition coefficient (Wildman–Crippen LogP) is 4.16. The van der Waals surface area contributed by atoms with Crippen LogP contribution in [-0.4, -0.2) is 36.0 Å². The van der Waals surface area contributed by atoms with Gasteiger partial charge in [0.1, 0.15) is 10.6 Å². The molecule has 1 aliphatic rings. The molecule has 1 N–H and O–H groups in total. The highest BCUT2D eigenvalue weighted by molar-refractivity contribution is 7.17. The van der Waals surface area contributed by atoms with E-state index in [4.69, 9.17) is 21.1 Å². The minimum Gasteiger partial charge on any atom is -0.462 e. The number of anilines is 1. The van der Waals surface area contributed by atoms with Crippen molar-refractivity contribution >= 4 is 51.5 Å². The largest absolute Gasteiger partial charge is 0.462 e. The number of hydrogen-bond donors (Lipinski definition) is 1. The number of nitro benzene ring substituents is 1. The molecule has 0 saturated heterocycles. The second-order valence-corrected chi connectivity index (χ2v) is 8.22. The fraction of sp³-hybridized carbons (Fsp3) is 0.350. The number of aryl methyl sites for hydroxylation is 1. The van der Waals surface area contributed by atoms with Crippen LogP contribution in [0.2, 0.25) is 5.02 Å². The van der Waals surface area contributed by atoms with E-state index in [1.807, 2.05) is 0 Å². The maximum atomic E-state index is 12.4. The Hall–Kier alpha value is -2.98. The zero-order chi connectivity index (χ0) is 22.5. The number of halogens is 1. The number of nitrogens with zero attached hydrogens (tertiary/aromatic N) is 1. The van der Waals surface area contributed by atoms with Gasteiger partial charge in [0.05, 0.1) is 17.1 Å². The molecule has 0 radical (unpaired) electrons. The quantitative estimate of drug-likeness (QED) is 0.369. The van der Waals surface area contributed by atoms with Crippen molar-refractivity contribution in [1.82, 2.24) is 0 Å². The molecule has 1 aromatic carbocycles. The van der Waals surface area contributed by atoms with Crippen molar-refractivity contribution in [1.29, 1.82) is 0 Å². The molecule has 0 saturated carbocycles. The number of thiophene rings is 1. The third-order valence-corrected chi connectivity index (χ3v) is 6.06. The summed E-state index contributed by atoms with van der Waals surface area (Å²) in [6.45, 7) is 1.21. The second kappa shape index (κ2) is 9.88. The average Bonchev–Trinajstić information content (AvgIpc) is 3.09. The van der Waals surface area contributed by atoms with Gasteiger partial charge in [0.15, 0.2) is 6.61 Å². The van der Waals surface area contributed by atoms with Gasteiger partial charge in [-0.05, 0) is 50.3 Å². The number of carbonyl (C=O) groups is 3. The molecule has 1 aliphatic carbocycles. The predicted molar refractivity (Wildman–Crippen MR) is 114 cm³/mol. The van der Waals surface area contributed by atoms with Crippen LogP contribution in [0.1, 0.15) is 50.9 Å². The van der Waals surface area contributed by atoms with E-state index >= 15 is 0 Å². The highest BCUT2D eigenvalue weighted by Gasteiger charge is 2.28. The Balaban J connectivity index is 1.73. The van der Waals surface area contributed by atoms with E-state index in [1.54, 1.807) is 6.92 Å². The molecule has 11 heteroatoms. The Morgan fingerprint density at radius 3 is 2.65 bits per heavy atom. The number of fused-ring (bicyclic) bond motifs is 1. The van der Waals surface area contributed by atoms with Crippen molar-refractivity contribution in [2.24, 2.45) is 0 Å². The standard InChI is InChI=1S/C20H19ClN2O7S/c1-2-29-20(26)17-12-5-3-4-6-15(12)31-18(17)22-16(24)10-30-19(25)13-9-11(21)7-8-14(13)23(27)28/h7-9H,2-6,10H2,1H3,(H,22,24). The summed E-state index contributed by atoms with van der Waals surface area (Å²) in [5.41, 5.74) is 0.387. The molecule has 1 amide bonds. The van der Waals surface area contributed by atoms with Gasteiger partial charge in [-0.25, -0.2) is 9.59 Å². The number of nitro groups is 1. The molecule has 0 fully saturated rings. The molecule has 1 aromatic heterocycles. The Morgan fingerprint density at radius 2 is 1.94 bits per heavy atom. The van der Waals surface area contributed by atoms with E-state index in [-0.39, 0.29) is 17.2 Å². The van der Waals surface area contributed by atoms with E-state index in [1.165, 1.54) is 17.4 Å². The van der Waals surface area contributed by atoms with Crippen LogP contribution in [0, 0.1) is 10.1 Å². The molecule has 2 aromatic rings. The average molecular weight is 467 g/mol. The lowest BCUT2D eigenvalue weighted by atomic mass is 9.95. The maximum Gasteiger partial charge on any atom is 0.345 e. The lowest BCUT2D eigenvalue weighted by molar-refractivity contribution is -0.385. The first-order valence-electron chi connectivity index (χ1n) is 9.54. The monoisotopic (exact) mass is 466 g/mol. The topological polar surface area (TPSA) is 125 Å². The lowest BCUT2D eigenvalue weighted by Crippen LogP contribution is -2.22. The number of carbonyl (C=O) groups excluding carboxylic acids is 3. The molecule has 0 aliphatic heterocycles. The first kappa shape index (κ1) is 22.7. The highest BCUT2D eigenvalue weighted by atomic mass is 35.5. The summed E-state index contributed by atoms with van der Waals surface area (Å²) in [6.07, 6.45) is 3.48. The third kappa shape index (κ3) is 5.20. The lowest BCUT2D eigenvalue weighted by Gasteiger charge is -2.12. The summed E-state index contributed by atoms with van der Waals surface area (Å²) in [4.78, 5) is 48.5. The first-order valence-corrected chi connectivity index (χ1v) is 10.7. The molecule has 9 nitrogen and oxygen atoms in total. The van der Waals surface area contributed by atoms with Gasteiger partial charge in [-0.15, -0.1) is 11.3 Å². The van der Waals surface area contributed by atoms with Crippen molar-refractivity contribution in [3.63, 3.8) is 0 Å². The Bertz CT molecular complexity index is 1050. The Kier molecular flexibility index (Phi) is 7.24. The van der Waals surface area contributed by atoms with Gasteiger partial charge in [0.2, 0.25) is 0 Å². The zero-order valence-corrected chi connectivity index (χ0v) is 18.1. The number of nitrogens with one attached hydrogen (secondary N) is 1. The van der Waals surface area contributed by atoms with Gasteiger partial charge in [-0.3, -0.25) is 14.9 Å². The molecule has 1 heterocycles. The summed E-state index contributed by atoms with van der Waals surface area (Å²) in [5, 5.41) is 14.2. The van der Waals surface area contributed by atoms with E-state index in [0.29, 0.717) is 10.6 Å². The van der Waals surface area contributed by atoms with Crippen molar-refractivity contribution in [3.05, 3.63) is 54.9 Å². The van der Waals surface area contributed by atoms with E-state index in [0.717, 1.165) is 48.3 Å². The van der Waals surface area contributed by atoms with Crippen molar-refractivity contribution in [2.45, 2.75) is 32.6 Å². The smallest absolute Gasteiger partial charge is 0.345 e. The molecule has 164 valence electrons. The van der Waals surface area contributed by atoms with Crippen LogP contribution >= 0.6 is 22.9 Å². The zero-order valence-electron chi connectivity index (χ0n) is 16.6. The van der Waals surface area contributed by atoms with Crippen LogP contribution in [0.25, 0.3) is 0 Å². The highest BCUT2D eigenvalue weighted by Crippen LogP contribution is 2.38. The number of rotatable bonds is 7. The van der Waals surface area contributed by atoms with Crippen LogP contribution in [0.5, 0.6) is 0 Å². The number of esters is 2. The summed E-state index contributed by atoms with van der Waals surface area (Å²) < 4.78 is 10.1. The summed E-state index contributed by atoms with van der Waals surface area (Å²) in [5.74, 6) is -2.24. The molecule has 0 unspecified atom stereocenters. The van der Waals surface area contributed by atoms with Crippen LogP contribution in [0.15, 0.2) is 18.2 Å². The SMILES string of the molecule is CCOC(=O)c1c(NC(=O)COC(=O)c2cc(Cl)ccc2[N+](=O)[O-])sc2c1CCCC2. The molecule has 3 rings (SSSR count). The fourth-order valence-electron chi connectivity index (χ4n) is 3.28. The van der Waals surface area contributed by atoms with Crippen LogP contribution in [-0.2, 0) is 27.1 Å². The minimum absolute atomic E-state index is 0.116. The Morgan fingerprint density at radius 1 is 1.19 bits per heavy atom. The number of amides is 1. The van der Waals surface area contributed by atoms with Crippen LogP contribution in [0.3, 0.4) is 0 Å². The first-order chi connectivity index (χ1) is 14.8. The Labute approximate surface area is 186 Å². The molecule has 0 bridgehead atoms. The van der Waals surface area contributed by atoms with Gasteiger partial charge in [0, 0.05) is 16.0 Å². The maximum absolute atomic E-state index is 12.4. The number of benzene rings is 1. The van der Waals surface area contributed by atoms with E-state index in [2.05, 4.69) is 5.32 Å². The summed E-state index contributed by atoms with van der Waals surface area (Å²) in [6, 6.07) is 3.46. The minimum atomic E-state index is -1.06. The molecular weight excluding hydrogens is 448 g/mol. The van der Waals surface area contributed by atoms with Gasteiger partial charge in [0.25, 0.3) is 11.6 Å². The van der Waals surface area contributed by atoms with E-state index in [9.17, 15) is 24.5 Å². The number of ether oxygens (including phenoxy) is 2. The van der Waals surface area contributed by atoms with Crippen LogP contribution in [0.4, 0.5) is 10.7 Å². The molecule has 0 atom stereocenters. The van der Waals surface area contributed by atoms with Crippen molar-refractivity contribution < 1.29 is 28.8 Å². The normalized spacial score (nSPS) is 12.6. The fourth-order valence-corrected chi connectivity index (χ4v) is 4.74. The number of hydrogen-bond acceptors (Lipinski definition) is 8. The summed E-state index contributed by atoms with van der Waals surface area (Å²) in [7, 11) is 0. The second-order valence-electron chi connectivity index (χ2n) is 6.68. The van der Waals surface area contributed by atoms with Gasteiger partial charge < -0.3 is 14.8 Å². The summed E-state index contributed by atoms with van der Waals surface area (Å²) >= 11 is 7.11. The third-order valence-electron chi connectivity index (χ3n) is 4.61. The molecular formula is C20H19ClN2O7S. The van der Waals surface area contributed by atoms with Gasteiger partial charge in [-0.2, -0.15) is 0 Å². The van der Waals surface area contributed by atoms with Crippen LogP contribution < -0.4 is 5.32 Å². The van der Waals surface area contributed by atoms with Gasteiger partial charge >= 0.3 is 11.9 Å². The van der Waals surface area contributed by atoms with Crippen molar-refractivity contribution in [2.75, 3.05) is 18.5 Å². The van der Waals surface area contributed by atoms with Gasteiger partial charge in [-0.1, -0.05) is 11.6 Å².